The normalized spacial score (nSPS) is 14.2. The Morgan fingerprint density at radius 2 is 1.71 bits per heavy atom. The van der Waals surface area contributed by atoms with Crippen LogP contribution in [0.3, 0.4) is 0 Å². The maximum atomic E-state index is 12.6. The molecule has 28 heavy (non-hydrogen) atoms. The number of aryl methyl sites for hydroxylation is 1. The van der Waals surface area contributed by atoms with Gasteiger partial charge in [-0.1, -0.05) is 12.1 Å². The van der Waals surface area contributed by atoms with Crippen LogP contribution in [0.1, 0.15) is 24.0 Å². The van der Waals surface area contributed by atoms with Crippen LogP contribution in [0.25, 0.3) is 0 Å². The zero-order chi connectivity index (χ0) is 20.3. The molecule has 150 valence electrons. The fourth-order valence-corrected chi connectivity index (χ4v) is 4.36. The molecule has 1 aliphatic rings. The zero-order valence-electron chi connectivity index (χ0n) is 16.6. The molecule has 1 amide bonds. The van der Waals surface area contributed by atoms with E-state index >= 15 is 0 Å². The van der Waals surface area contributed by atoms with Crippen LogP contribution in [-0.2, 0) is 14.8 Å². The predicted octanol–water partition coefficient (Wildman–Crippen LogP) is 3.31. The molecule has 0 aliphatic carbocycles. The lowest BCUT2D eigenvalue weighted by molar-refractivity contribution is -0.114. The highest BCUT2D eigenvalue weighted by molar-refractivity contribution is 7.92. The Morgan fingerprint density at radius 3 is 2.32 bits per heavy atom. The smallest absolute Gasteiger partial charge is 0.245 e. The Morgan fingerprint density at radius 1 is 1.07 bits per heavy atom. The summed E-state index contributed by atoms with van der Waals surface area (Å²) in [5.41, 5.74) is 4.15. The van der Waals surface area contributed by atoms with Crippen LogP contribution in [0.2, 0.25) is 0 Å². The molecule has 3 rings (SSSR count). The van der Waals surface area contributed by atoms with Crippen molar-refractivity contribution in [3.05, 3.63) is 53.6 Å². The molecule has 6 nitrogen and oxygen atoms in total. The summed E-state index contributed by atoms with van der Waals surface area (Å²) in [5, 5.41) is 2.80. The number of amides is 1. The number of nitrogens with one attached hydrogen (secondary N) is 1. The number of carbonyl (C=O) groups excluding carboxylic acids is 1. The topological polar surface area (TPSA) is 69.7 Å². The largest absolute Gasteiger partial charge is 0.372 e. The van der Waals surface area contributed by atoms with E-state index in [-0.39, 0.29) is 12.5 Å². The lowest BCUT2D eigenvalue weighted by Gasteiger charge is -2.24. The summed E-state index contributed by atoms with van der Waals surface area (Å²) >= 11 is 0. The van der Waals surface area contributed by atoms with Gasteiger partial charge in [0.05, 0.1) is 11.9 Å². The maximum Gasteiger partial charge on any atom is 0.245 e. The molecule has 1 heterocycles. The standard InChI is InChI=1S/C21H27N3O3S/c1-16-7-6-8-20(17(16)2)24(28(3,26)27)15-21(25)22-18-9-11-19(12-10-18)23-13-4-5-14-23/h6-12H,4-5,13-15H2,1-3H3,(H,22,25). The van der Waals surface area contributed by atoms with Gasteiger partial charge in [0.15, 0.2) is 0 Å². The van der Waals surface area contributed by atoms with Crippen molar-refractivity contribution in [2.75, 3.05) is 40.4 Å². The molecule has 7 heteroatoms. The molecule has 0 spiro atoms. The second-order valence-corrected chi connectivity index (χ2v) is 9.18. The molecule has 1 aliphatic heterocycles. The van der Waals surface area contributed by atoms with E-state index in [1.165, 1.54) is 12.8 Å². The van der Waals surface area contributed by atoms with Crippen LogP contribution in [0, 0.1) is 13.8 Å². The number of rotatable bonds is 6. The fourth-order valence-electron chi connectivity index (χ4n) is 3.45. The molecule has 1 saturated heterocycles. The number of sulfonamides is 1. The Bertz CT molecular complexity index is 949. The molecule has 0 saturated carbocycles. The minimum Gasteiger partial charge on any atom is -0.372 e. The van der Waals surface area contributed by atoms with Crippen molar-refractivity contribution in [2.45, 2.75) is 26.7 Å². The van der Waals surface area contributed by atoms with Gasteiger partial charge < -0.3 is 10.2 Å². The maximum absolute atomic E-state index is 12.6. The van der Waals surface area contributed by atoms with Crippen LogP contribution in [0.15, 0.2) is 42.5 Å². The summed E-state index contributed by atoms with van der Waals surface area (Å²) in [4.78, 5) is 14.9. The summed E-state index contributed by atoms with van der Waals surface area (Å²) in [6.45, 7) is 5.63. The third-order valence-corrected chi connectivity index (χ3v) is 6.28. The molecule has 0 unspecified atom stereocenters. The summed E-state index contributed by atoms with van der Waals surface area (Å²) < 4.78 is 25.8. The number of hydrogen-bond acceptors (Lipinski definition) is 4. The number of benzene rings is 2. The van der Waals surface area contributed by atoms with Crippen LogP contribution in [0.5, 0.6) is 0 Å². The van der Waals surface area contributed by atoms with Crippen molar-refractivity contribution in [1.29, 1.82) is 0 Å². The summed E-state index contributed by atoms with van der Waals surface area (Å²) in [5.74, 6) is -0.375. The van der Waals surface area contributed by atoms with Gasteiger partial charge in [-0.2, -0.15) is 0 Å². The first kappa shape index (κ1) is 20.2. The number of nitrogens with zero attached hydrogens (tertiary/aromatic N) is 2. The second-order valence-electron chi connectivity index (χ2n) is 7.28. The fraction of sp³-hybridized carbons (Fsp3) is 0.381. The van der Waals surface area contributed by atoms with Gasteiger partial charge in [0.2, 0.25) is 15.9 Å². The second kappa shape index (κ2) is 8.22. The van der Waals surface area contributed by atoms with Crippen molar-refractivity contribution in [3.8, 4) is 0 Å². The van der Waals surface area contributed by atoms with E-state index in [2.05, 4.69) is 10.2 Å². The van der Waals surface area contributed by atoms with Gasteiger partial charge in [-0.15, -0.1) is 0 Å². The number of anilines is 3. The van der Waals surface area contributed by atoms with E-state index in [0.29, 0.717) is 11.4 Å². The molecule has 2 aromatic carbocycles. The molecule has 0 bridgehead atoms. The highest BCUT2D eigenvalue weighted by Crippen LogP contribution is 2.25. The summed E-state index contributed by atoms with van der Waals surface area (Å²) in [7, 11) is -3.60. The van der Waals surface area contributed by atoms with E-state index in [9.17, 15) is 13.2 Å². The summed E-state index contributed by atoms with van der Waals surface area (Å²) in [6.07, 6.45) is 3.53. The van der Waals surface area contributed by atoms with Crippen LogP contribution < -0.4 is 14.5 Å². The van der Waals surface area contributed by atoms with Gasteiger partial charge in [-0.3, -0.25) is 9.10 Å². The third kappa shape index (κ3) is 4.65. The first-order chi connectivity index (χ1) is 13.3. The minimum atomic E-state index is -3.60. The SMILES string of the molecule is Cc1cccc(N(CC(=O)Nc2ccc(N3CCCC3)cc2)S(C)(=O)=O)c1C. The Kier molecular flexibility index (Phi) is 5.93. The van der Waals surface area contributed by atoms with Gasteiger partial charge in [0.25, 0.3) is 0 Å². The number of hydrogen-bond donors (Lipinski definition) is 1. The highest BCUT2D eigenvalue weighted by atomic mass is 32.2. The zero-order valence-corrected chi connectivity index (χ0v) is 17.4. The van der Waals surface area contributed by atoms with Crippen molar-refractivity contribution < 1.29 is 13.2 Å². The van der Waals surface area contributed by atoms with E-state index in [0.717, 1.165) is 40.5 Å². The van der Waals surface area contributed by atoms with Crippen molar-refractivity contribution in [2.24, 2.45) is 0 Å². The quantitative estimate of drug-likeness (QED) is 0.806. The average Bonchev–Trinajstić information content (AvgIpc) is 3.17. The van der Waals surface area contributed by atoms with Gasteiger partial charge in [0, 0.05) is 24.5 Å². The Hall–Kier alpha value is -2.54. The molecule has 0 radical (unpaired) electrons. The van der Waals surface area contributed by atoms with Crippen molar-refractivity contribution in [3.63, 3.8) is 0 Å². The van der Waals surface area contributed by atoms with Gasteiger partial charge >= 0.3 is 0 Å². The van der Waals surface area contributed by atoms with Crippen LogP contribution >= 0.6 is 0 Å². The Labute approximate surface area is 167 Å². The van der Waals surface area contributed by atoms with Crippen molar-refractivity contribution in [1.82, 2.24) is 0 Å². The first-order valence-corrected chi connectivity index (χ1v) is 11.3. The lowest BCUT2D eigenvalue weighted by Crippen LogP contribution is -2.38. The minimum absolute atomic E-state index is 0.267. The van der Waals surface area contributed by atoms with Crippen LogP contribution in [0.4, 0.5) is 17.1 Å². The van der Waals surface area contributed by atoms with E-state index in [4.69, 9.17) is 0 Å². The highest BCUT2D eigenvalue weighted by Gasteiger charge is 2.23. The van der Waals surface area contributed by atoms with E-state index in [1.807, 2.05) is 44.2 Å². The first-order valence-electron chi connectivity index (χ1n) is 9.44. The lowest BCUT2D eigenvalue weighted by atomic mass is 10.1. The molecule has 0 atom stereocenters. The van der Waals surface area contributed by atoms with E-state index in [1.54, 1.807) is 12.1 Å². The van der Waals surface area contributed by atoms with Gasteiger partial charge in [-0.25, -0.2) is 8.42 Å². The monoisotopic (exact) mass is 401 g/mol. The molecule has 0 aromatic heterocycles. The molecular formula is C21H27N3O3S. The van der Waals surface area contributed by atoms with E-state index < -0.39 is 10.0 Å². The summed E-state index contributed by atoms with van der Waals surface area (Å²) in [6, 6.07) is 13.1. The predicted molar refractivity (Wildman–Crippen MR) is 115 cm³/mol. The van der Waals surface area contributed by atoms with Crippen LogP contribution in [-0.4, -0.2) is 40.2 Å². The molecule has 1 N–H and O–H groups in total. The molecule has 1 fully saturated rings. The van der Waals surface area contributed by atoms with Crippen molar-refractivity contribution >= 4 is 33.0 Å². The third-order valence-electron chi connectivity index (χ3n) is 5.15. The Balaban J connectivity index is 1.73. The molecule has 2 aromatic rings. The number of carbonyl (C=O) groups is 1. The average molecular weight is 402 g/mol. The van der Waals surface area contributed by atoms with Gasteiger partial charge in [-0.05, 0) is 68.1 Å². The molecular weight excluding hydrogens is 374 g/mol. The van der Waals surface area contributed by atoms with Gasteiger partial charge in [0.1, 0.15) is 6.54 Å².